The minimum absolute atomic E-state index is 0.154. The molecule has 5 heteroatoms. The molecular weight excluding hydrogens is 222 g/mol. The number of thiocarbonyl (C=S) groups is 1. The SMILES string of the molecule is CC1(C)C/C(=N\NC(N)=S)c2ccoc2C1. The molecule has 0 aromatic carbocycles. The standard InChI is InChI=1S/C11H15N3OS/c1-11(2)5-8(13-14-10(12)16)7-3-4-15-9(7)6-11/h3-4H,5-6H2,1-2H3,(H3,12,14,16)/b13-8+. The normalized spacial score (nSPS) is 20.5. The van der Waals surface area contributed by atoms with Crippen molar-refractivity contribution in [1.82, 2.24) is 5.43 Å². The Morgan fingerprint density at radius 1 is 1.56 bits per heavy atom. The lowest BCUT2D eigenvalue weighted by atomic mass is 9.76. The second kappa shape index (κ2) is 3.90. The summed E-state index contributed by atoms with van der Waals surface area (Å²) in [5, 5.41) is 4.41. The summed E-state index contributed by atoms with van der Waals surface area (Å²) >= 11 is 4.74. The van der Waals surface area contributed by atoms with Gasteiger partial charge in [0.2, 0.25) is 0 Å². The Bertz CT molecular complexity index is 448. The molecule has 0 saturated heterocycles. The number of hydrogen-bond donors (Lipinski definition) is 2. The highest BCUT2D eigenvalue weighted by molar-refractivity contribution is 7.80. The lowest BCUT2D eigenvalue weighted by Gasteiger charge is -2.29. The van der Waals surface area contributed by atoms with Crippen LogP contribution >= 0.6 is 12.2 Å². The van der Waals surface area contributed by atoms with Crippen molar-refractivity contribution in [3.63, 3.8) is 0 Å². The number of furan rings is 1. The lowest BCUT2D eigenvalue weighted by molar-refractivity contribution is 0.331. The molecule has 1 aliphatic carbocycles. The van der Waals surface area contributed by atoms with Gasteiger partial charge in [-0.15, -0.1) is 0 Å². The van der Waals surface area contributed by atoms with Crippen LogP contribution in [0.15, 0.2) is 21.8 Å². The highest BCUT2D eigenvalue weighted by Gasteiger charge is 2.31. The number of rotatable bonds is 1. The van der Waals surface area contributed by atoms with E-state index in [1.807, 2.05) is 6.07 Å². The lowest BCUT2D eigenvalue weighted by Crippen LogP contribution is -2.30. The largest absolute Gasteiger partial charge is 0.469 e. The molecule has 0 fully saturated rings. The van der Waals surface area contributed by atoms with E-state index in [9.17, 15) is 0 Å². The predicted molar refractivity (Wildman–Crippen MR) is 67.3 cm³/mol. The highest BCUT2D eigenvalue weighted by atomic mass is 32.1. The van der Waals surface area contributed by atoms with Crippen LogP contribution in [0, 0.1) is 5.41 Å². The maximum atomic E-state index is 5.46. The van der Waals surface area contributed by atoms with Gasteiger partial charge in [-0.3, -0.25) is 5.43 Å². The van der Waals surface area contributed by atoms with E-state index in [1.54, 1.807) is 6.26 Å². The van der Waals surface area contributed by atoms with Crippen LogP contribution in [0.5, 0.6) is 0 Å². The monoisotopic (exact) mass is 237 g/mol. The molecule has 1 aliphatic rings. The van der Waals surface area contributed by atoms with Crippen molar-refractivity contribution in [1.29, 1.82) is 0 Å². The highest BCUT2D eigenvalue weighted by Crippen LogP contribution is 2.35. The van der Waals surface area contributed by atoms with Gasteiger partial charge in [0.15, 0.2) is 5.11 Å². The topological polar surface area (TPSA) is 63.5 Å². The van der Waals surface area contributed by atoms with E-state index in [1.165, 1.54) is 0 Å². The summed E-state index contributed by atoms with van der Waals surface area (Å²) < 4.78 is 5.46. The van der Waals surface area contributed by atoms with Crippen molar-refractivity contribution in [3.8, 4) is 0 Å². The second-order valence-corrected chi connectivity index (χ2v) is 5.25. The molecule has 0 amide bonds. The zero-order valence-corrected chi connectivity index (χ0v) is 10.2. The van der Waals surface area contributed by atoms with Crippen LogP contribution in [0.2, 0.25) is 0 Å². The zero-order valence-electron chi connectivity index (χ0n) is 9.41. The molecule has 86 valence electrons. The fraction of sp³-hybridized carbons (Fsp3) is 0.455. The molecule has 0 unspecified atom stereocenters. The van der Waals surface area contributed by atoms with Crippen molar-refractivity contribution in [2.45, 2.75) is 26.7 Å². The molecule has 16 heavy (non-hydrogen) atoms. The van der Waals surface area contributed by atoms with Gasteiger partial charge in [0, 0.05) is 12.0 Å². The number of nitrogens with zero attached hydrogens (tertiary/aromatic N) is 1. The number of fused-ring (bicyclic) bond motifs is 1. The number of nitrogens with two attached hydrogens (primary N) is 1. The first-order valence-electron chi connectivity index (χ1n) is 5.17. The Morgan fingerprint density at radius 3 is 3.00 bits per heavy atom. The fourth-order valence-corrected chi connectivity index (χ4v) is 2.05. The van der Waals surface area contributed by atoms with Crippen LogP contribution in [0.3, 0.4) is 0 Å². The van der Waals surface area contributed by atoms with Crippen molar-refractivity contribution < 1.29 is 4.42 Å². The quantitative estimate of drug-likeness (QED) is 0.577. The van der Waals surface area contributed by atoms with E-state index in [0.29, 0.717) is 0 Å². The molecule has 1 aromatic rings. The first-order valence-corrected chi connectivity index (χ1v) is 5.57. The van der Waals surface area contributed by atoms with Gasteiger partial charge < -0.3 is 10.2 Å². The Labute approximate surface area is 99.9 Å². The van der Waals surface area contributed by atoms with E-state index < -0.39 is 0 Å². The van der Waals surface area contributed by atoms with Crippen molar-refractivity contribution in [3.05, 3.63) is 23.7 Å². The summed E-state index contributed by atoms with van der Waals surface area (Å²) in [5.74, 6) is 0.986. The van der Waals surface area contributed by atoms with Crippen molar-refractivity contribution >= 4 is 23.0 Å². The van der Waals surface area contributed by atoms with Crippen molar-refractivity contribution in [2.24, 2.45) is 16.3 Å². The van der Waals surface area contributed by atoms with Crippen molar-refractivity contribution in [2.75, 3.05) is 0 Å². The minimum Gasteiger partial charge on any atom is -0.469 e. The predicted octanol–water partition coefficient (Wildman–Crippen LogP) is 1.79. The molecule has 2 rings (SSSR count). The van der Waals surface area contributed by atoms with Gasteiger partial charge >= 0.3 is 0 Å². The molecule has 0 radical (unpaired) electrons. The molecule has 0 saturated carbocycles. The Kier molecular flexibility index (Phi) is 2.71. The fourth-order valence-electron chi connectivity index (χ4n) is 2.00. The number of hydrazone groups is 1. The maximum absolute atomic E-state index is 5.46. The van der Waals surface area contributed by atoms with E-state index in [4.69, 9.17) is 22.4 Å². The Hall–Kier alpha value is -1.36. The average Bonchev–Trinajstić information content (AvgIpc) is 2.59. The Balaban J connectivity index is 2.33. The second-order valence-electron chi connectivity index (χ2n) is 4.81. The van der Waals surface area contributed by atoms with E-state index in [-0.39, 0.29) is 10.5 Å². The van der Waals surface area contributed by atoms with Gasteiger partial charge in [0.05, 0.1) is 12.0 Å². The van der Waals surface area contributed by atoms with Gasteiger partial charge in [-0.1, -0.05) is 13.8 Å². The molecule has 0 bridgehead atoms. The van der Waals surface area contributed by atoms with Crippen LogP contribution in [0.4, 0.5) is 0 Å². The number of hydrogen-bond acceptors (Lipinski definition) is 3. The van der Waals surface area contributed by atoms with Gasteiger partial charge in [-0.2, -0.15) is 5.10 Å². The van der Waals surface area contributed by atoms with E-state index >= 15 is 0 Å². The maximum Gasteiger partial charge on any atom is 0.184 e. The summed E-state index contributed by atoms with van der Waals surface area (Å²) in [6, 6.07) is 1.94. The summed E-state index contributed by atoms with van der Waals surface area (Å²) in [6.07, 6.45) is 3.51. The number of nitrogens with one attached hydrogen (secondary N) is 1. The van der Waals surface area contributed by atoms with Crippen LogP contribution in [0.1, 0.15) is 31.6 Å². The molecule has 4 nitrogen and oxygen atoms in total. The first-order chi connectivity index (χ1) is 7.48. The van der Waals surface area contributed by atoms with Gasteiger partial charge in [-0.05, 0) is 30.1 Å². The third-order valence-electron chi connectivity index (χ3n) is 2.64. The van der Waals surface area contributed by atoms with Gasteiger partial charge in [0.1, 0.15) is 5.76 Å². The molecule has 0 spiro atoms. The molecule has 3 N–H and O–H groups in total. The van der Waals surface area contributed by atoms with Gasteiger partial charge in [0.25, 0.3) is 0 Å². The summed E-state index contributed by atoms with van der Waals surface area (Å²) in [7, 11) is 0. The summed E-state index contributed by atoms with van der Waals surface area (Å²) in [5.41, 5.74) is 10.2. The smallest absolute Gasteiger partial charge is 0.184 e. The Morgan fingerprint density at radius 2 is 2.31 bits per heavy atom. The van der Waals surface area contributed by atoms with Crippen LogP contribution in [-0.2, 0) is 6.42 Å². The third-order valence-corrected chi connectivity index (χ3v) is 2.73. The zero-order chi connectivity index (χ0) is 11.8. The van der Waals surface area contributed by atoms with Gasteiger partial charge in [-0.25, -0.2) is 0 Å². The van der Waals surface area contributed by atoms with E-state index in [0.717, 1.165) is 29.9 Å². The van der Waals surface area contributed by atoms with E-state index in [2.05, 4.69) is 24.4 Å². The molecule has 0 aliphatic heterocycles. The molecule has 1 heterocycles. The van der Waals surface area contributed by atoms with Crippen LogP contribution in [0.25, 0.3) is 0 Å². The molecular formula is C11H15N3OS. The van der Waals surface area contributed by atoms with Crippen LogP contribution in [-0.4, -0.2) is 10.8 Å². The van der Waals surface area contributed by atoms with Crippen LogP contribution < -0.4 is 11.2 Å². The average molecular weight is 237 g/mol. The summed E-state index contributed by atoms with van der Waals surface area (Å²) in [4.78, 5) is 0. The minimum atomic E-state index is 0.154. The molecule has 1 aromatic heterocycles. The summed E-state index contributed by atoms with van der Waals surface area (Å²) in [6.45, 7) is 4.38. The first kappa shape index (κ1) is 11.1. The third kappa shape index (κ3) is 2.24. The molecule has 0 atom stereocenters.